The van der Waals surface area contributed by atoms with Crippen molar-refractivity contribution >= 4 is 23.9 Å². The molecule has 0 radical (unpaired) electrons. The Bertz CT molecular complexity index is 593. The summed E-state index contributed by atoms with van der Waals surface area (Å²) in [5.74, 6) is -1.40. The highest BCUT2D eigenvalue weighted by molar-refractivity contribution is 5.86. The van der Waals surface area contributed by atoms with Crippen molar-refractivity contribution < 1.29 is 38.5 Å². The van der Waals surface area contributed by atoms with Gasteiger partial charge in [0.15, 0.2) is 0 Å². The number of ether oxygens (including phenoxy) is 3. The number of carbonyl (C=O) groups excluding carboxylic acids is 3. The molecule has 0 rings (SSSR count). The Kier molecular flexibility index (Phi) is 29.3. The lowest BCUT2D eigenvalue weighted by Gasteiger charge is -2.13. The number of hydrogen-bond donors (Lipinski definition) is 1. The van der Waals surface area contributed by atoms with Gasteiger partial charge in [-0.15, -0.1) is 0 Å². The van der Waals surface area contributed by atoms with E-state index < -0.39 is 5.97 Å². The first-order valence-corrected chi connectivity index (χ1v) is 10.0. The molecule has 8 heteroatoms. The third kappa shape index (κ3) is 34.4. The monoisotopic (exact) mass is 456 g/mol. The maximum absolute atomic E-state index is 10.8. The summed E-state index contributed by atoms with van der Waals surface area (Å²) in [7, 11) is 1.33. The van der Waals surface area contributed by atoms with Gasteiger partial charge in [-0.3, -0.25) is 4.79 Å². The number of unbranched alkanes of at least 4 members (excludes halogenated alkanes) is 1. The number of rotatable bonds is 10. The van der Waals surface area contributed by atoms with Crippen LogP contribution in [0.3, 0.4) is 0 Å². The van der Waals surface area contributed by atoms with Crippen LogP contribution in [-0.2, 0) is 33.4 Å². The Balaban J connectivity index is -0.000000176. The van der Waals surface area contributed by atoms with Crippen molar-refractivity contribution in [3.05, 3.63) is 49.8 Å². The molecule has 0 bridgehead atoms. The number of methoxy groups -OCH3 is 1. The maximum atomic E-state index is 10.8. The van der Waals surface area contributed by atoms with Crippen LogP contribution in [0, 0.1) is 5.92 Å². The van der Waals surface area contributed by atoms with E-state index in [9.17, 15) is 19.2 Å². The molecule has 0 saturated carbocycles. The molecule has 0 amide bonds. The van der Waals surface area contributed by atoms with Crippen molar-refractivity contribution in [2.24, 2.45) is 5.92 Å². The summed E-state index contributed by atoms with van der Waals surface area (Å²) in [6.07, 6.45) is 6.95. The Morgan fingerprint density at radius 1 is 1.00 bits per heavy atom. The highest BCUT2D eigenvalue weighted by Gasteiger charge is 2.07. The Morgan fingerprint density at radius 2 is 1.50 bits per heavy atom. The second kappa shape index (κ2) is 25.9. The second-order valence-corrected chi connectivity index (χ2v) is 6.38. The van der Waals surface area contributed by atoms with Gasteiger partial charge in [-0.1, -0.05) is 59.4 Å². The summed E-state index contributed by atoms with van der Waals surface area (Å²) in [6.45, 7) is 22.2. The highest BCUT2D eigenvalue weighted by Crippen LogP contribution is 2.12. The zero-order valence-electron chi connectivity index (χ0n) is 20.4. The average molecular weight is 457 g/mol. The molecule has 0 spiro atoms. The summed E-state index contributed by atoms with van der Waals surface area (Å²) < 4.78 is 13.4. The molecule has 0 aliphatic carbocycles. The van der Waals surface area contributed by atoms with Crippen LogP contribution in [0.15, 0.2) is 49.8 Å². The third-order valence-corrected chi connectivity index (χ3v) is 3.32. The van der Waals surface area contributed by atoms with Gasteiger partial charge in [0.25, 0.3) is 0 Å². The van der Waals surface area contributed by atoms with Gasteiger partial charge >= 0.3 is 23.9 Å². The lowest BCUT2D eigenvalue weighted by Crippen LogP contribution is -2.12. The van der Waals surface area contributed by atoms with E-state index in [1.54, 1.807) is 6.92 Å². The SMILES string of the molecule is C=C(C)C(=O)O.C=C(C)C(=O)OC.C=CC(=O)OCC(CC)CCCC.C=COC(C)=O. The molecule has 0 aromatic heterocycles. The number of aliphatic carboxylic acids is 1. The minimum atomic E-state index is -0.935. The van der Waals surface area contributed by atoms with Crippen LogP contribution in [-0.4, -0.2) is 42.7 Å². The smallest absolute Gasteiger partial charge is 0.332 e. The minimum absolute atomic E-state index is 0.176. The van der Waals surface area contributed by atoms with E-state index in [2.05, 4.69) is 49.6 Å². The Morgan fingerprint density at radius 3 is 1.69 bits per heavy atom. The minimum Gasteiger partial charge on any atom is -0.478 e. The predicted molar refractivity (Wildman–Crippen MR) is 126 cm³/mol. The van der Waals surface area contributed by atoms with Gasteiger partial charge in [-0.2, -0.15) is 0 Å². The average Bonchev–Trinajstić information content (AvgIpc) is 2.74. The van der Waals surface area contributed by atoms with E-state index in [1.165, 1.54) is 39.9 Å². The topological polar surface area (TPSA) is 116 Å². The zero-order chi connectivity index (χ0) is 26.1. The molecule has 0 aromatic rings. The molecule has 0 aliphatic heterocycles. The van der Waals surface area contributed by atoms with E-state index in [-0.39, 0.29) is 23.5 Å². The van der Waals surface area contributed by atoms with Crippen molar-refractivity contribution in [3.8, 4) is 0 Å². The van der Waals surface area contributed by atoms with Crippen LogP contribution in [0.1, 0.15) is 60.3 Å². The van der Waals surface area contributed by atoms with Gasteiger partial charge in [-0.05, 0) is 26.2 Å². The quantitative estimate of drug-likeness (QED) is 0.211. The first kappa shape index (κ1) is 36.2. The molecule has 32 heavy (non-hydrogen) atoms. The number of carboxylic acid groups (broad SMARTS) is 1. The van der Waals surface area contributed by atoms with E-state index >= 15 is 0 Å². The van der Waals surface area contributed by atoms with Crippen LogP contribution >= 0.6 is 0 Å². The normalized spacial score (nSPS) is 9.31. The zero-order valence-corrected chi connectivity index (χ0v) is 20.4. The van der Waals surface area contributed by atoms with Crippen molar-refractivity contribution in [3.63, 3.8) is 0 Å². The fourth-order valence-corrected chi connectivity index (χ4v) is 1.45. The number of carbonyl (C=O) groups is 4. The molecule has 0 fully saturated rings. The van der Waals surface area contributed by atoms with Crippen molar-refractivity contribution in [2.45, 2.75) is 60.3 Å². The van der Waals surface area contributed by atoms with Gasteiger partial charge in [0.05, 0.1) is 20.0 Å². The van der Waals surface area contributed by atoms with E-state index in [0.717, 1.165) is 19.1 Å². The van der Waals surface area contributed by atoms with Crippen molar-refractivity contribution in [2.75, 3.05) is 13.7 Å². The second-order valence-electron chi connectivity index (χ2n) is 6.38. The van der Waals surface area contributed by atoms with Crippen LogP contribution < -0.4 is 0 Å². The maximum Gasteiger partial charge on any atom is 0.332 e. The van der Waals surface area contributed by atoms with Crippen LogP contribution in [0.4, 0.5) is 0 Å². The fraction of sp³-hybridized carbons (Fsp3) is 0.500. The van der Waals surface area contributed by atoms with Crippen LogP contribution in [0.2, 0.25) is 0 Å². The summed E-state index contributed by atoms with van der Waals surface area (Å²) in [5.41, 5.74) is 0.609. The van der Waals surface area contributed by atoms with Gasteiger partial charge < -0.3 is 19.3 Å². The molecule has 1 N–H and O–H groups in total. The van der Waals surface area contributed by atoms with E-state index in [4.69, 9.17) is 9.84 Å². The lowest BCUT2D eigenvalue weighted by molar-refractivity contribution is -0.139. The molecular weight excluding hydrogens is 416 g/mol. The standard InChI is InChI=1S/C11H20O2.C5H8O2.2C4H6O2/c1-4-7-8-10(5-2)9-13-11(12)6-3;1-4(2)5(6)7-3;1-3-6-4(2)5;1-3(2)4(5)6/h6,10H,3-5,7-9H2,1-2H3;1H2,2-3H3;3H,1H2,2H3;1H2,2H3,(H,5,6). The van der Waals surface area contributed by atoms with E-state index in [1.807, 2.05) is 0 Å². The van der Waals surface area contributed by atoms with Crippen molar-refractivity contribution in [1.82, 2.24) is 0 Å². The van der Waals surface area contributed by atoms with Gasteiger partial charge in [-0.25, -0.2) is 14.4 Å². The largest absolute Gasteiger partial charge is 0.478 e. The van der Waals surface area contributed by atoms with Crippen molar-refractivity contribution in [1.29, 1.82) is 0 Å². The molecule has 1 atom stereocenters. The van der Waals surface area contributed by atoms with Gasteiger partial charge in [0.2, 0.25) is 0 Å². The molecule has 8 nitrogen and oxygen atoms in total. The van der Waals surface area contributed by atoms with E-state index in [0.29, 0.717) is 18.1 Å². The molecule has 0 aromatic carbocycles. The first-order valence-electron chi connectivity index (χ1n) is 10.0. The Labute approximate surface area is 192 Å². The molecular formula is C24H40O8. The summed E-state index contributed by atoms with van der Waals surface area (Å²) >= 11 is 0. The number of carboxylic acids is 1. The van der Waals surface area contributed by atoms with Crippen LogP contribution in [0.25, 0.3) is 0 Å². The molecule has 1 unspecified atom stereocenters. The Hall–Kier alpha value is -3.16. The number of esters is 3. The highest BCUT2D eigenvalue weighted by atomic mass is 16.5. The lowest BCUT2D eigenvalue weighted by atomic mass is 10.0. The summed E-state index contributed by atoms with van der Waals surface area (Å²) in [4.78, 5) is 40.3. The molecule has 0 saturated heterocycles. The number of hydrogen-bond acceptors (Lipinski definition) is 7. The van der Waals surface area contributed by atoms with Crippen LogP contribution in [0.5, 0.6) is 0 Å². The summed E-state index contributed by atoms with van der Waals surface area (Å²) in [5, 5.41) is 7.89. The third-order valence-electron chi connectivity index (χ3n) is 3.32. The molecule has 0 heterocycles. The predicted octanol–water partition coefficient (Wildman–Crippen LogP) is 5.01. The fourth-order valence-electron chi connectivity index (χ4n) is 1.45. The molecule has 0 aliphatic rings. The summed E-state index contributed by atoms with van der Waals surface area (Å²) in [6, 6.07) is 0. The van der Waals surface area contributed by atoms with Gasteiger partial charge in [0, 0.05) is 24.1 Å². The van der Waals surface area contributed by atoms with Gasteiger partial charge in [0.1, 0.15) is 0 Å². The molecule has 184 valence electrons. The first-order chi connectivity index (χ1) is 14.8.